The zero-order valence-electron chi connectivity index (χ0n) is 12.5. The zero-order chi connectivity index (χ0) is 13.8. The number of hydrogen-bond acceptors (Lipinski definition) is 3. The summed E-state index contributed by atoms with van der Waals surface area (Å²) in [6.07, 6.45) is 2.55. The Morgan fingerprint density at radius 2 is 1.78 bits per heavy atom. The van der Waals surface area contributed by atoms with Gasteiger partial charge in [-0.15, -0.1) is 0 Å². The van der Waals surface area contributed by atoms with Crippen LogP contribution in [0.4, 0.5) is 0 Å². The molecule has 0 saturated carbocycles. The van der Waals surface area contributed by atoms with Gasteiger partial charge in [-0.25, -0.2) is 0 Å². The van der Waals surface area contributed by atoms with Crippen LogP contribution < -0.4 is 16.0 Å². The Labute approximate surface area is 111 Å². The van der Waals surface area contributed by atoms with Crippen LogP contribution in [-0.4, -0.2) is 36.1 Å². The van der Waals surface area contributed by atoms with E-state index in [9.17, 15) is 4.79 Å². The van der Waals surface area contributed by atoms with Gasteiger partial charge in [0, 0.05) is 30.1 Å². The normalized spacial score (nSPS) is 22.7. The largest absolute Gasteiger partial charge is 0.353 e. The maximum atomic E-state index is 11.8. The van der Waals surface area contributed by atoms with Crippen LogP contribution in [0.25, 0.3) is 0 Å². The van der Waals surface area contributed by atoms with Crippen molar-refractivity contribution in [1.82, 2.24) is 16.0 Å². The highest BCUT2D eigenvalue weighted by molar-refractivity contribution is 5.76. The fourth-order valence-corrected chi connectivity index (χ4v) is 3.10. The average Bonchev–Trinajstić information content (AvgIpc) is 2.12. The molecule has 4 heteroatoms. The number of hydrogen-bond donors (Lipinski definition) is 3. The summed E-state index contributed by atoms with van der Waals surface area (Å²) in [5.41, 5.74) is 0.169. The van der Waals surface area contributed by atoms with Crippen LogP contribution in [-0.2, 0) is 4.79 Å². The van der Waals surface area contributed by atoms with Crippen LogP contribution >= 0.6 is 0 Å². The average molecular weight is 255 g/mol. The van der Waals surface area contributed by atoms with E-state index in [1.165, 1.54) is 0 Å². The first kappa shape index (κ1) is 15.4. The van der Waals surface area contributed by atoms with E-state index in [1.54, 1.807) is 0 Å². The minimum Gasteiger partial charge on any atom is -0.353 e. The van der Waals surface area contributed by atoms with Gasteiger partial charge < -0.3 is 16.0 Å². The van der Waals surface area contributed by atoms with Crippen LogP contribution in [0.5, 0.6) is 0 Å². The van der Waals surface area contributed by atoms with E-state index >= 15 is 0 Å². The molecular weight excluding hydrogens is 226 g/mol. The lowest BCUT2D eigenvalue weighted by atomic mass is 9.79. The van der Waals surface area contributed by atoms with E-state index < -0.39 is 0 Å². The van der Waals surface area contributed by atoms with Crippen molar-refractivity contribution in [3.05, 3.63) is 0 Å². The lowest BCUT2D eigenvalue weighted by Gasteiger charge is -2.46. The number of nitrogens with one attached hydrogen (secondary N) is 3. The Bertz CT molecular complexity index is 271. The topological polar surface area (TPSA) is 53.2 Å². The SMILES string of the molecule is CCNCCC(=O)NC1CC(C)(C)NC(C)(C)C1. The van der Waals surface area contributed by atoms with E-state index in [-0.39, 0.29) is 23.0 Å². The second kappa shape index (κ2) is 6.02. The van der Waals surface area contributed by atoms with Gasteiger partial charge in [0.05, 0.1) is 0 Å². The molecule has 0 aliphatic carbocycles. The molecule has 0 bridgehead atoms. The molecule has 18 heavy (non-hydrogen) atoms. The summed E-state index contributed by atoms with van der Waals surface area (Å²) in [7, 11) is 0. The highest BCUT2D eigenvalue weighted by Gasteiger charge is 2.37. The number of amides is 1. The van der Waals surface area contributed by atoms with E-state index in [4.69, 9.17) is 0 Å². The van der Waals surface area contributed by atoms with Gasteiger partial charge in [-0.05, 0) is 47.1 Å². The molecule has 1 aliphatic rings. The van der Waals surface area contributed by atoms with Crippen LogP contribution in [0.15, 0.2) is 0 Å². The second-order valence-corrected chi connectivity index (χ2v) is 6.67. The Balaban J connectivity index is 2.44. The summed E-state index contributed by atoms with van der Waals surface area (Å²) < 4.78 is 0. The minimum atomic E-state index is 0.0847. The monoisotopic (exact) mass is 255 g/mol. The van der Waals surface area contributed by atoms with Gasteiger partial charge in [0.15, 0.2) is 0 Å². The molecule has 0 radical (unpaired) electrons. The predicted octanol–water partition coefficient (Wildman–Crippen LogP) is 1.41. The maximum Gasteiger partial charge on any atom is 0.221 e. The van der Waals surface area contributed by atoms with Gasteiger partial charge in [0.1, 0.15) is 0 Å². The highest BCUT2D eigenvalue weighted by Crippen LogP contribution is 2.28. The molecule has 1 heterocycles. The molecule has 4 nitrogen and oxygen atoms in total. The van der Waals surface area contributed by atoms with E-state index in [2.05, 4.69) is 50.6 Å². The number of carbonyl (C=O) groups is 1. The molecule has 1 fully saturated rings. The Morgan fingerprint density at radius 1 is 1.22 bits per heavy atom. The molecule has 1 rings (SSSR count). The van der Waals surface area contributed by atoms with Gasteiger partial charge in [-0.1, -0.05) is 6.92 Å². The fourth-order valence-electron chi connectivity index (χ4n) is 3.10. The van der Waals surface area contributed by atoms with Gasteiger partial charge in [0.25, 0.3) is 0 Å². The molecule has 0 aromatic rings. The molecule has 0 aromatic carbocycles. The third kappa shape index (κ3) is 5.36. The van der Waals surface area contributed by atoms with Crippen LogP contribution in [0, 0.1) is 0 Å². The van der Waals surface area contributed by atoms with Crippen molar-refractivity contribution in [2.45, 2.75) is 71.0 Å². The first-order chi connectivity index (χ1) is 8.24. The highest BCUT2D eigenvalue weighted by atomic mass is 16.1. The third-order valence-corrected chi connectivity index (χ3v) is 3.33. The molecule has 3 N–H and O–H groups in total. The third-order valence-electron chi connectivity index (χ3n) is 3.33. The fraction of sp³-hybridized carbons (Fsp3) is 0.929. The summed E-state index contributed by atoms with van der Waals surface area (Å²) in [6, 6.07) is 0.283. The molecule has 1 aliphatic heterocycles. The number of piperidine rings is 1. The van der Waals surface area contributed by atoms with Crippen molar-refractivity contribution in [1.29, 1.82) is 0 Å². The summed E-state index contributed by atoms with van der Waals surface area (Å²) in [5, 5.41) is 9.97. The van der Waals surface area contributed by atoms with E-state index in [0.29, 0.717) is 6.42 Å². The standard InChI is InChI=1S/C14H29N3O/c1-6-15-8-7-12(18)16-11-9-13(2,3)17-14(4,5)10-11/h11,15,17H,6-10H2,1-5H3,(H,16,18). The van der Waals surface area contributed by atoms with Crippen LogP contribution in [0.1, 0.15) is 53.9 Å². The number of carbonyl (C=O) groups excluding carboxylic acids is 1. The van der Waals surface area contributed by atoms with Crippen molar-refractivity contribution in [2.75, 3.05) is 13.1 Å². The smallest absolute Gasteiger partial charge is 0.221 e. The van der Waals surface area contributed by atoms with Gasteiger partial charge >= 0.3 is 0 Å². The molecule has 0 unspecified atom stereocenters. The molecule has 1 saturated heterocycles. The lowest BCUT2D eigenvalue weighted by Crippen LogP contribution is -2.62. The number of rotatable bonds is 5. The van der Waals surface area contributed by atoms with Crippen molar-refractivity contribution in [3.8, 4) is 0 Å². The molecule has 1 amide bonds. The summed E-state index contributed by atoms with van der Waals surface area (Å²) in [4.78, 5) is 11.8. The van der Waals surface area contributed by atoms with E-state index in [0.717, 1.165) is 25.9 Å². The first-order valence-electron chi connectivity index (χ1n) is 7.03. The maximum absolute atomic E-state index is 11.8. The van der Waals surface area contributed by atoms with Crippen molar-refractivity contribution in [3.63, 3.8) is 0 Å². The van der Waals surface area contributed by atoms with Crippen molar-refractivity contribution >= 4 is 5.91 Å². The quantitative estimate of drug-likeness (QED) is 0.651. The Hall–Kier alpha value is -0.610. The molecule has 106 valence electrons. The zero-order valence-corrected chi connectivity index (χ0v) is 12.5. The van der Waals surface area contributed by atoms with E-state index in [1.807, 2.05) is 0 Å². The van der Waals surface area contributed by atoms with Crippen LogP contribution in [0.2, 0.25) is 0 Å². The summed E-state index contributed by atoms with van der Waals surface area (Å²) in [6.45, 7) is 12.5. The predicted molar refractivity (Wildman–Crippen MR) is 75.6 cm³/mol. The Morgan fingerprint density at radius 3 is 2.28 bits per heavy atom. The molecule has 0 atom stereocenters. The van der Waals surface area contributed by atoms with Gasteiger partial charge in [-0.3, -0.25) is 4.79 Å². The summed E-state index contributed by atoms with van der Waals surface area (Å²) in [5.74, 6) is 0.162. The Kier molecular flexibility index (Phi) is 5.17. The van der Waals surface area contributed by atoms with Crippen LogP contribution in [0.3, 0.4) is 0 Å². The van der Waals surface area contributed by atoms with Crippen molar-refractivity contribution in [2.24, 2.45) is 0 Å². The molecular formula is C14H29N3O. The first-order valence-corrected chi connectivity index (χ1v) is 7.03. The van der Waals surface area contributed by atoms with Gasteiger partial charge in [-0.2, -0.15) is 0 Å². The van der Waals surface area contributed by atoms with Gasteiger partial charge in [0.2, 0.25) is 5.91 Å². The second-order valence-electron chi connectivity index (χ2n) is 6.67. The van der Waals surface area contributed by atoms with Crippen molar-refractivity contribution < 1.29 is 4.79 Å². The minimum absolute atomic E-state index is 0.0847. The lowest BCUT2D eigenvalue weighted by molar-refractivity contribution is -0.122. The molecule has 0 spiro atoms. The molecule has 0 aromatic heterocycles. The summed E-state index contributed by atoms with van der Waals surface area (Å²) >= 11 is 0.